The number of nitrogens with zero attached hydrogens (tertiary/aromatic N) is 2. The van der Waals surface area contributed by atoms with E-state index < -0.39 is 0 Å². The molecule has 1 aromatic heterocycles. The van der Waals surface area contributed by atoms with E-state index >= 15 is 0 Å². The summed E-state index contributed by atoms with van der Waals surface area (Å²) in [4.78, 5) is 19.5. The van der Waals surface area contributed by atoms with Gasteiger partial charge < -0.3 is 4.74 Å². The van der Waals surface area contributed by atoms with Crippen LogP contribution in [-0.4, -0.2) is 11.7 Å². The van der Waals surface area contributed by atoms with Crippen LogP contribution in [0.5, 0.6) is 5.75 Å². The zero-order valence-corrected chi connectivity index (χ0v) is 23.1. The van der Waals surface area contributed by atoms with Gasteiger partial charge in [-0.1, -0.05) is 47.7 Å². The van der Waals surface area contributed by atoms with E-state index in [4.69, 9.17) is 9.73 Å². The Balaban J connectivity index is 1.60. The average Bonchev–Trinajstić information content (AvgIpc) is 3.17. The first-order valence-corrected chi connectivity index (χ1v) is 13.8. The fourth-order valence-corrected chi connectivity index (χ4v) is 7.52. The van der Waals surface area contributed by atoms with Gasteiger partial charge in [0.2, 0.25) is 0 Å². The molecule has 36 heavy (non-hydrogen) atoms. The Bertz CT molecular complexity index is 1720. The molecule has 1 atom stereocenters. The van der Waals surface area contributed by atoms with E-state index in [2.05, 4.69) is 44.0 Å². The van der Waals surface area contributed by atoms with Gasteiger partial charge in [-0.2, -0.15) is 0 Å². The Morgan fingerprint density at radius 1 is 1.08 bits per heavy atom. The smallest absolute Gasteiger partial charge is 0.271 e. The van der Waals surface area contributed by atoms with Crippen LogP contribution in [0.1, 0.15) is 34.7 Å². The fourth-order valence-electron chi connectivity index (χ4n) is 4.98. The SMILES string of the molecule is COc1c(Br)cc(/C=c2/sc3n(c2=O)[C@H](c2ccc(F)cc2)C2=C(N=3)c3ccccc3CC2)cc1Br. The second-order valence-corrected chi connectivity index (χ2v) is 11.4. The number of aromatic nitrogens is 1. The largest absolute Gasteiger partial charge is 0.494 e. The van der Waals surface area contributed by atoms with Crippen LogP contribution in [0.2, 0.25) is 0 Å². The lowest BCUT2D eigenvalue weighted by Gasteiger charge is -2.30. The molecule has 0 fully saturated rings. The van der Waals surface area contributed by atoms with E-state index in [0.29, 0.717) is 15.1 Å². The first-order chi connectivity index (χ1) is 17.4. The maximum absolute atomic E-state index is 13.8. The van der Waals surface area contributed by atoms with Gasteiger partial charge in [-0.05, 0) is 97.3 Å². The van der Waals surface area contributed by atoms with Crippen LogP contribution in [0.25, 0.3) is 11.8 Å². The molecule has 0 amide bonds. The predicted octanol–water partition coefficient (Wildman–Crippen LogP) is 5.99. The minimum absolute atomic E-state index is 0.110. The van der Waals surface area contributed by atoms with Crippen LogP contribution in [0.15, 0.2) is 85.0 Å². The van der Waals surface area contributed by atoms with Crippen LogP contribution < -0.4 is 19.6 Å². The molecular weight excluding hydrogens is 607 g/mol. The first-order valence-electron chi connectivity index (χ1n) is 11.4. The second kappa shape index (κ2) is 9.25. The standard InChI is InChI=1S/C28H19Br2FN2O2S/c1-35-26-21(29)12-15(13-22(26)30)14-23-27(34)33-25(17-6-9-18(31)10-7-17)20-11-8-16-4-2-3-5-19(16)24(20)32-28(33)36-23/h2-7,9-10,12-14,25H,8,11H2,1H3/b23-14+/t25-/m1/s1. The number of ether oxygens (including phenoxy) is 1. The van der Waals surface area contributed by atoms with E-state index in [-0.39, 0.29) is 17.4 Å². The molecule has 0 radical (unpaired) electrons. The van der Waals surface area contributed by atoms with E-state index in [1.54, 1.807) is 23.8 Å². The summed E-state index contributed by atoms with van der Waals surface area (Å²) < 4.78 is 23.1. The Labute approximate surface area is 227 Å². The number of thiazole rings is 1. The minimum atomic E-state index is -0.332. The lowest BCUT2D eigenvalue weighted by Crippen LogP contribution is -2.38. The summed E-state index contributed by atoms with van der Waals surface area (Å²) in [5, 5.41) is 0. The summed E-state index contributed by atoms with van der Waals surface area (Å²) in [5.74, 6) is 0.390. The van der Waals surface area contributed by atoms with Gasteiger partial charge >= 0.3 is 0 Å². The van der Waals surface area contributed by atoms with Crippen LogP contribution in [-0.2, 0) is 6.42 Å². The Morgan fingerprint density at radius 2 is 1.81 bits per heavy atom. The molecule has 6 rings (SSSR count). The number of allylic oxidation sites excluding steroid dienone is 1. The summed E-state index contributed by atoms with van der Waals surface area (Å²) in [6.07, 6.45) is 3.54. The zero-order valence-electron chi connectivity index (χ0n) is 19.1. The molecule has 4 aromatic rings. The lowest BCUT2D eigenvalue weighted by molar-refractivity contribution is 0.409. The molecule has 2 aliphatic rings. The van der Waals surface area contributed by atoms with Gasteiger partial charge in [0.05, 0.1) is 32.3 Å². The fraction of sp³-hybridized carbons (Fsp3) is 0.143. The van der Waals surface area contributed by atoms with Crippen molar-refractivity contribution in [1.29, 1.82) is 0 Å². The summed E-state index contributed by atoms with van der Waals surface area (Å²) in [6, 6.07) is 18.2. The molecule has 1 aliphatic heterocycles. The number of rotatable bonds is 3. The van der Waals surface area contributed by atoms with Crippen molar-refractivity contribution < 1.29 is 9.13 Å². The maximum atomic E-state index is 13.8. The predicted molar refractivity (Wildman–Crippen MR) is 148 cm³/mol. The highest BCUT2D eigenvalue weighted by molar-refractivity contribution is 9.11. The van der Waals surface area contributed by atoms with Crippen LogP contribution in [0.3, 0.4) is 0 Å². The third kappa shape index (κ3) is 3.92. The van der Waals surface area contributed by atoms with Crippen LogP contribution in [0.4, 0.5) is 4.39 Å². The third-order valence-corrected chi connectivity index (χ3v) is 8.74. The number of hydrogen-bond acceptors (Lipinski definition) is 4. The van der Waals surface area contributed by atoms with Gasteiger partial charge in [-0.25, -0.2) is 9.38 Å². The molecule has 0 bridgehead atoms. The number of benzene rings is 3. The highest BCUT2D eigenvalue weighted by Crippen LogP contribution is 2.41. The molecule has 4 nitrogen and oxygen atoms in total. The van der Waals surface area contributed by atoms with Gasteiger partial charge in [0.25, 0.3) is 5.56 Å². The van der Waals surface area contributed by atoms with E-state index in [9.17, 15) is 9.18 Å². The summed E-state index contributed by atoms with van der Waals surface area (Å²) in [5.41, 5.74) is 5.99. The van der Waals surface area contributed by atoms with Crippen molar-refractivity contribution in [3.8, 4) is 5.75 Å². The van der Waals surface area contributed by atoms with Crippen molar-refractivity contribution in [2.75, 3.05) is 7.11 Å². The molecular formula is C28H19Br2FN2O2S. The molecule has 180 valence electrons. The van der Waals surface area contributed by atoms with E-state index in [1.807, 2.05) is 30.3 Å². The van der Waals surface area contributed by atoms with Gasteiger partial charge in [-0.3, -0.25) is 9.36 Å². The number of methoxy groups -OCH3 is 1. The molecule has 3 aromatic carbocycles. The highest BCUT2D eigenvalue weighted by atomic mass is 79.9. The van der Waals surface area contributed by atoms with Gasteiger partial charge in [0.1, 0.15) is 11.6 Å². The van der Waals surface area contributed by atoms with Crippen molar-refractivity contribution in [2.45, 2.75) is 18.9 Å². The number of fused-ring (bicyclic) bond motifs is 3. The van der Waals surface area contributed by atoms with Crippen molar-refractivity contribution in [3.05, 3.63) is 123 Å². The molecule has 1 aliphatic carbocycles. The highest BCUT2D eigenvalue weighted by Gasteiger charge is 2.32. The second-order valence-electron chi connectivity index (χ2n) is 8.68. The third-order valence-electron chi connectivity index (χ3n) is 6.58. The number of halogens is 3. The van der Waals surface area contributed by atoms with Gasteiger partial charge in [0, 0.05) is 5.56 Å². The summed E-state index contributed by atoms with van der Waals surface area (Å²) >= 11 is 8.45. The van der Waals surface area contributed by atoms with Gasteiger partial charge in [-0.15, -0.1) is 0 Å². The van der Waals surface area contributed by atoms with Crippen molar-refractivity contribution in [2.24, 2.45) is 4.99 Å². The lowest BCUT2D eigenvalue weighted by atomic mass is 9.83. The van der Waals surface area contributed by atoms with E-state index in [1.165, 1.54) is 29.0 Å². The van der Waals surface area contributed by atoms with E-state index in [0.717, 1.165) is 49.7 Å². The topological polar surface area (TPSA) is 43.6 Å². The molecule has 0 spiro atoms. The molecule has 0 saturated heterocycles. The monoisotopic (exact) mass is 624 g/mol. The first kappa shape index (κ1) is 23.6. The molecule has 0 unspecified atom stereocenters. The Morgan fingerprint density at radius 3 is 2.53 bits per heavy atom. The van der Waals surface area contributed by atoms with Crippen LogP contribution in [0, 0.1) is 5.82 Å². The Hall–Kier alpha value is -2.81. The molecule has 0 saturated carbocycles. The van der Waals surface area contributed by atoms with Crippen molar-refractivity contribution in [1.82, 2.24) is 4.57 Å². The molecule has 0 N–H and O–H groups in total. The number of hydrogen-bond donors (Lipinski definition) is 0. The molecule has 2 heterocycles. The molecule has 8 heteroatoms. The summed E-state index contributed by atoms with van der Waals surface area (Å²) in [6.45, 7) is 0. The maximum Gasteiger partial charge on any atom is 0.271 e. The van der Waals surface area contributed by atoms with Gasteiger partial charge in [0.15, 0.2) is 4.80 Å². The minimum Gasteiger partial charge on any atom is -0.494 e. The number of aryl methyl sites for hydroxylation is 1. The Kier molecular flexibility index (Phi) is 6.06. The van der Waals surface area contributed by atoms with Crippen molar-refractivity contribution in [3.63, 3.8) is 0 Å². The summed E-state index contributed by atoms with van der Waals surface area (Å²) in [7, 11) is 1.61. The normalized spacial score (nSPS) is 16.8. The zero-order chi connectivity index (χ0) is 25.0. The average molecular weight is 626 g/mol. The van der Waals surface area contributed by atoms with Crippen LogP contribution >= 0.6 is 43.2 Å². The quantitative estimate of drug-likeness (QED) is 0.281. The van der Waals surface area contributed by atoms with Crippen molar-refractivity contribution >= 4 is 55.0 Å².